The second-order valence-electron chi connectivity index (χ2n) is 7.81. The molecule has 138 valence electrons. The van der Waals surface area contributed by atoms with E-state index in [1.165, 1.54) is 23.6 Å². The minimum Gasteiger partial charge on any atom is -0.351 e. The highest BCUT2D eigenvalue weighted by Gasteiger charge is 2.41. The van der Waals surface area contributed by atoms with Gasteiger partial charge in [-0.3, -0.25) is 9.10 Å². The summed E-state index contributed by atoms with van der Waals surface area (Å²) in [5.41, 5.74) is 2.39. The van der Waals surface area contributed by atoms with Crippen LogP contribution < -0.4 is 9.62 Å². The molecule has 0 radical (unpaired) electrons. The topological polar surface area (TPSA) is 66.5 Å². The number of nitrogens with zero attached hydrogens (tertiary/aromatic N) is 1. The van der Waals surface area contributed by atoms with E-state index in [0.717, 1.165) is 29.7 Å². The van der Waals surface area contributed by atoms with Gasteiger partial charge >= 0.3 is 0 Å². The monoisotopic (exact) mass is 364 g/mol. The third-order valence-electron chi connectivity index (χ3n) is 5.76. The van der Waals surface area contributed by atoms with Crippen molar-refractivity contribution >= 4 is 21.6 Å². The molecule has 0 aromatic heterocycles. The Bertz CT molecular complexity index is 775. The summed E-state index contributed by atoms with van der Waals surface area (Å²) in [7, 11) is -3.57. The number of amides is 1. The zero-order valence-electron chi connectivity index (χ0n) is 15.5. The van der Waals surface area contributed by atoms with Gasteiger partial charge in [0, 0.05) is 6.04 Å². The molecule has 2 aliphatic rings. The van der Waals surface area contributed by atoms with E-state index in [-0.39, 0.29) is 11.9 Å². The molecular weight excluding hydrogens is 336 g/mol. The Balaban J connectivity index is 1.83. The molecule has 4 atom stereocenters. The number of aryl methyl sites for hydroxylation is 2. The summed E-state index contributed by atoms with van der Waals surface area (Å²) in [6.07, 6.45) is 5.84. The van der Waals surface area contributed by atoms with E-state index in [2.05, 4.69) is 5.32 Å². The fourth-order valence-electron chi connectivity index (χ4n) is 4.46. The van der Waals surface area contributed by atoms with Crippen LogP contribution in [0.1, 0.15) is 43.7 Å². The SMILES string of the molecule is Cc1ccc(C)c(N([C@@H](C)C(=O)N[C@H]2C[C@H]3CC[C@H]2C3)S(C)(=O)=O)c1. The zero-order chi connectivity index (χ0) is 18.4. The molecule has 1 aromatic rings. The smallest absolute Gasteiger partial charge is 0.243 e. The van der Waals surface area contributed by atoms with Crippen LogP contribution >= 0.6 is 0 Å². The molecule has 0 saturated heterocycles. The number of benzene rings is 1. The molecule has 3 rings (SSSR count). The Hall–Kier alpha value is -1.56. The molecule has 5 nitrogen and oxygen atoms in total. The quantitative estimate of drug-likeness (QED) is 0.874. The van der Waals surface area contributed by atoms with Crippen molar-refractivity contribution in [2.75, 3.05) is 10.6 Å². The van der Waals surface area contributed by atoms with Gasteiger partial charge in [0.05, 0.1) is 11.9 Å². The van der Waals surface area contributed by atoms with Crippen molar-refractivity contribution in [3.63, 3.8) is 0 Å². The lowest BCUT2D eigenvalue weighted by molar-refractivity contribution is -0.122. The molecule has 2 bridgehead atoms. The highest BCUT2D eigenvalue weighted by atomic mass is 32.2. The molecule has 25 heavy (non-hydrogen) atoms. The first-order chi connectivity index (χ1) is 11.7. The van der Waals surface area contributed by atoms with Crippen LogP contribution in [-0.4, -0.2) is 32.7 Å². The van der Waals surface area contributed by atoms with Crippen LogP contribution in [0.2, 0.25) is 0 Å². The van der Waals surface area contributed by atoms with Gasteiger partial charge in [-0.05, 0) is 69.1 Å². The average molecular weight is 365 g/mol. The van der Waals surface area contributed by atoms with E-state index in [1.54, 1.807) is 6.92 Å². The zero-order valence-corrected chi connectivity index (χ0v) is 16.3. The standard InChI is InChI=1S/C19H28N2O3S/c1-12-5-6-13(2)18(9-12)21(25(4,23)24)14(3)19(22)20-17-11-15-7-8-16(17)10-15/h5-6,9,14-17H,7-8,10-11H2,1-4H3,(H,20,22)/t14-,15-,16-,17-/m0/s1. The second kappa shape index (κ2) is 6.63. The molecule has 6 heteroatoms. The molecule has 0 heterocycles. The molecule has 1 amide bonds. The van der Waals surface area contributed by atoms with Crippen molar-refractivity contribution in [1.29, 1.82) is 0 Å². The Morgan fingerprint density at radius 2 is 1.96 bits per heavy atom. The van der Waals surface area contributed by atoms with E-state index in [1.807, 2.05) is 32.0 Å². The minimum absolute atomic E-state index is 0.203. The van der Waals surface area contributed by atoms with Gasteiger partial charge in [-0.1, -0.05) is 18.6 Å². The fraction of sp³-hybridized carbons (Fsp3) is 0.632. The van der Waals surface area contributed by atoms with Crippen LogP contribution in [0, 0.1) is 25.7 Å². The van der Waals surface area contributed by atoms with Gasteiger partial charge in [0.2, 0.25) is 15.9 Å². The van der Waals surface area contributed by atoms with Crippen molar-refractivity contribution < 1.29 is 13.2 Å². The summed E-state index contributed by atoms with van der Waals surface area (Å²) in [6.45, 7) is 5.46. The summed E-state index contributed by atoms with van der Waals surface area (Å²) in [4.78, 5) is 12.8. The Morgan fingerprint density at radius 3 is 2.52 bits per heavy atom. The number of hydrogen-bond acceptors (Lipinski definition) is 3. The molecule has 2 fully saturated rings. The Labute approximate surface area is 150 Å². The number of nitrogens with one attached hydrogen (secondary N) is 1. The van der Waals surface area contributed by atoms with E-state index in [0.29, 0.717) is 11.6 Å². The summed E-state index contributed by atoms with van der Waals surface area (Å²) < 4.78 is 26.2. The van der Waals surface area contributed by atoms with Gasteiger partial charge in [0.25, 0.3) is 0 Å². The van der Waals surface area contributed by atoms with Gasteiger partial charge in [-0.25, -0.2) is 8.42 Å². The largest absolute Gasteiger partial charge is 0.351 e. The van der Waals surface area contributed by atoms with Crippen molar-refractivity contribution in [3.05, 3.63) is 29.3 Å². The van der Waals surface area contributed by atoms with E-state index in [9.17, 15) is 13.2 Å². The number of carbonyl (C=O) groups is 1. The van der Waals surface area contributed by atoms with Crippen LogP contribution in [0.25, 0.3) is 0 Å². The molecule has 0 unspecified atom stereocenters. The lowest BCUT2D eigenvalue weighted by Crippen LogP contribution is -2.51. The van der Waals surface area contributed by atoms with Crippen LogP contribution in [0.4, 0.5) is 5.69 Å². The highest BCUT2D eigenvalue weighted by molar-refractivity contribution is 7.92. The molecule has 0 spiro atoms. The van der Waals surface area contributed by atoms with Gasteiger partial charge in [0.15, 0.2) is 0 Å². The molecule has 1 N–H and O–H groups in total. The normalized spacial score (nSPS) is 26.5. The van der Waals surface area contributed by atoms with E-state index in [4.69, 9.17) is 0 Å². The number of sulfonamides is 1. The summed E-state index contributed by atoms with van der Waals surface area (Å²) in [6, 6.07) is 5.10. The van der Waals surface area contributed by atoms with Gasteiger partial charge in [0.1, 0.15) is 6.04 Å². The second-order valence-corrected chi connectivity index (χ2v) is 9.67. The number of hydrogen-bond donors (Lipinski definition) is 1. The first-order valence-electron chi connectivity index (χ1n) is 9.04. The molecular formula is C19H28N2O3S. The third-order valence-corrected chi connectivity index (χ3v) is 6.98. The summed E-state index contributed by atoms with van der Waals surface area (Å²) in [5, 5.41) is 3.12. The number of anilines is 1. The maximum atomic E-state index is 12.8. The first-order valence-corrected chi connectivity index (χ1v) is 10.9. The van der Waals surface area contributed by atoms with Crippen molar-refractivity contribution in [3.8, 4) is 0 Å². The molecule has 2 aliphatic carbocycles. The Kier molecular flexibility index (Phi) is 4.84. The number of fused-ring (bicyclic) bond motifs is 2. The average Bonchev–Trinajstić information content (AvgIpc) is 3.12. The summed E-state index contributed by atoms with van der Waals surface area (Å²) in [5.74, 6) is 1.09. The van der Waals surface area contributed by atoms with Gasteiger partial charge in [-0.2, -0.15) is 0 Å². The third kappa shape index (κ3) is 3.68. The molecule has 0 aliphatic heterocycles. The first kappa shape index (κ1) is 18.2. The highest BCUT2D eigenvalue weighted by Crippen LogP contribution is 2.44. The number of carbonyl (C=O) groups excluding carboxylic acids is 1. The minimum atomic E-state index is -3.57. The molecule has 1 aromatic carbocycles. The van der Waals surface area contributed by atoms with Crippen molar-refractivity contribution in [2.24, 2.45) is 11.8 Å². The van der Waals surface area contributed by atoms with Crippen LogP contribution in [0.15, 0.2) is 18.2 Å². The van der Waals surface area contributed by atoms with Crippen LogP contribution in [0.3, 0.4) is 0 Å². The van der Waals surface area contributed by atoms with Gasteiger partial charge < -0.3 is 5.32 Å². The van der Waals surface area contributed by atoms with Gasteiger partial charge in [-0.15, -0.1) is 0 Å². The lowest BCUT2D eigenvalue weighted by atomic mass is 9.95. The van der Waals surface area contributed by atoms with Crippen LogP contribution in [-0.2, 0) is 14.8 Å². The number of rotatable bonds is 5. The molecule has 2 saturated carbocycles. The lowest BCUT2D eigenvalue weighted by Gasteiger charge is -2.32. The fourth-order valence-corrected chi connectivity index (χ4v) is 5.69. The van der Waals surface area contributed by atoms with E-state index < -0.39 is 16.1 Å². The van der Waals surface area contributed by atoms with E-state index >= 15 is 0 Å². The predicted octanol–water partition coefficient (Wildman–Crippen LogP) is 2.76. The summed E-state index contributed by atoms with van der Waals surface area (Å²) >= 11 is 0. The Morgan fingerprint density at radius 1 is 1.24 bits per heavy atom. The van der Waals surface area contributed by atoms with Crippen LogP contribution in [0.5, 0.6) is 0 Å². The maximum absolute atomic E-state index is 12.8. The predicted molar refractivity (Wildman–Crippen MR) is 100 cm³/mol. The van der Waals surface area contributed by atoms with Crippen molar-refractivity contribution in [1.82, 2.24) is 5.32 Å². The van der Waals surface area contributed by atoms with Crippen molar-refractivity contribution in [2.45, 2.75) is 58.5 Å². The maximum Gasteiger partial charge on any atom is 0.243 e.